The maximum Gasteiger partial charge on any atom is 0.0580 e. The molecule has 92 valence electrons. The summed E-state index contributed by atoms with van der Waals surface area (Å²) in [5, 5.41) is 3.19. The standard InChI is InChI=1S/C16H23N/c1-5-16(3,4)15-11-9-14(10-12-15)8-7-13-17-6-2/h9-12,17H,5-6,13H2,1-4H3. The summed E-state index contributed by atoms with van der Waals surface area (Å²) in [7, 11) is 0. The van der Waals surface area contributed by atoms with Gasteiger partial charge < -0.3 is 5.32 Å². The highest BCUT2D eigenvalue weighted by atomic mass is 14.8. The van der Waals surface area contributed by atoms with Crippen molar-refractivity contribution in [2.75, 3.05) is 13.1 Å². The van der Waals surface area contributed by atoms with Crippen LogP contribution in [-0.4, -0.2) is 13.1 Å². The van der Waals surface area contributed by atoms with Gasteiger partial charge in [-0.05, 0) is 36.1 Å². The normalized spacial score (nSPS) is 10.8. The van der Waals surface area contributed by atoms with Crippen molar-refractivity contribution in [2.24, 2.45) is 0 Å². The summed E-state index contributed by atoms with van der Waals surface area (Å²) >= 11 is 0. The zero-order valence-electron chi connectivity index (χ0n) is 11.4. The monoisotopic (exact) mass is 229 g/mol. The SMILES string of the molecule is CCNCC#Cc1ccc(C(C)(C)CC)cc1. The Morgan fingerprint density at radius 2 is 1.76 bits per heavy atom. The van der Waals surface area contributed by atoms with E-state index in [1.165, 1.54) is 5.56 Å². The fourth-order valence-corrected chi connectivity index (χ4v) is 1.54. The Labute approximate surface area is 106 Å². The van der Waals surface area contributed by atoms with Gasteiger partial charge in [-0.3, -0.25) is 0 Å². The van der Waals surface area contributed by atoms with Crippen molar-refractivity contribution in [3.8, 4) is 11.8 Å². The molecule has 0 amide bonds. The highest BCUT2D eigenvalue weighted by Crippen LogP contribution is 2.26. The first kappa shape index (κ1) is 13.8. The summed E-state index contributed by atoms with van der Waals surface area (Å²) < 4.78 is 0. The van der Waals surface area contributed by atoms with Crippen LogP contribution in [0.2, 0.25) is 0 Å². The highest BCUT2D eigenvalue weighted by Gasteiger charge is 2.16. The molecule has 0 aliphatic carbocycles. The second kappa shape index (κ2) is 6.47. The molecular formula is C16H23N. The Morgan fingerprint density at radius 3 is 2.29 bits per heavy atom. The predicted molar refractivity (Wildman–Crippen MR) is 75.2 cm³/mol. The van der Waals surface area contributed by atoms with E-state index < -0.39 is 0 Å². The molecule has 1 N–H and O–H groups in total. The summed E-state index contributed by atoms with van der Waals surface area (Å²) in [6, 6.07) is 8.62. The van der Waals surface area contributed by atoms with E-state index in [-0.39, 0.29) is 5.41 Å². The molecule has 1 aromatic carbocycles. The Morgan fingerprint density at radius 1 is 1.12 bits per heavy atom. The van der Waals surface area contributed by atoms with Crippen LogP contribution in [0.15, 0.2) is 24.3 Å². The summed E-state index contributed by atoms with van der Waals surface area (Å²) in [6.45, 7) is 10.6. The van der Waals surface area contributed by atoms with E-state index in [9.17, 15) is 0 Å². The molecule has 0 aliphatic heterocycles. The zero-order valence-corrected chi connectivity index (χ0v) is 11.4. The van der Waals surface area contributed by atoms with Crippen LogP contribution in [-0.2, 0) is 5.41 Å². The van der Waals surface area contributed by atoms with Crippen LogP contribution in [0.3, 0.4) is 0 Å². The molecule has 1 heteroatoms. The molecule has 0 bridgehead atoms. The van der Waals surface area contributed by atoms with Crippen molar-refractivity contribution in [1.82, 2.24) is 5.32 Å². The molecule has 0 saturated carbocycles. The molecule has 0 spiro atoms. The van der Waals surface area contributed by atoms with Crippen molar-refractivity contribution < 1.29 is 0 Å². The first-order valence-electron chi connectivity index (χ1n) is 6.40. The third-order valence-electron chi connectivity index (χ3n) is 3.25. The van der Waals surface area contributed by atoms with Crippen LogP contribution in [0.5, 0.6) is 0 Å². The molecule has 17 heavy (non-hydrogen) atoms. The molecule has 0 heterocycles. The topological polar surface area (TPSA) is 12.0 Å². The van der Waals surface area contributed by atoms with Gasteiger partial charge in [-0.2, -0.15) is 0 Å². The van der Waals surface area contributed by atoms with Gasteiger partial charge >= 0.3 is 0 Å². The molecule has 0 atom stereocenters. The number of benzene rings is 1. The molecule has 0 fully saturated rings. The lowest BCUT2D eigenvalue weighted by molar-refractivity contribution is 0.506. The average molecular weight is 229 g/mol. The van der Waals surface area contributed by atoms with E-state index in [1.807, 2.05) is 0 Å². The number of hydrogen-bond acceptors (Lipinski definition) is 1. The smallest absolute Gasteiger partial charge is 0.0580 e. The minimum absolute atomic E-state index is 0.260. The quantitative estimate of drug-likeness (QED) is 0.617. The van der Waals surface area contributed by atoms with Crippen LogP contribution >= 0.6 is 0 Å². The lowest BCUT2D eigenvalue weighted by atomic mass is 9.82. The van der Waals surface area contributed by atoms with E-state index in [1.54, 1.807) is 0 Å². The average Bonchev–Trinajstić information content (AvgIpc) is 2.35. The van der Waals surface area contributed by atoms with Gasteiger partial charge in [-0.1, -0.05) is 51.7 Å². The van der Waals surface area contributed by atoms with Crippen molar-refractivity contribution in [3.05, 3.63) is 35.4 Å². The molecule has 1 aromatic rings. The minimum Gasteiger partial charge on any atom is -0.306 e. The van der Waals surface area contributed by atoms with Gasteiger partial charge in [0.05, 0.1) is 6.54 Å². The van der Waals surface area contributed by atoms with E-state index in [2.05, 4.69) is 69.1 Å². The Bertz CT molecular complexity index is 390. The van der Waals surface area contributed by atoms with Crippen LogP contribution in [0.1, 0.15) is 45.2 Å². The molecule has 0 saturated heterocycles. The third kappa shape index (κ3) is 4.24. The number of hydrogen-bond donors (Lipinski definition) is 1. The van der Waals surface area contributed by atoms with Crippen LogP contribution in [0.4, 0.5) is 0 Å². The predicted octanol–water partition coefficient (Wildman–Crippen LogP) is 3.34. The largest absolute Gasteiger partial charge is 0.306 e. The van der Waals surface area contributed by atoms with Crippen molar-refractivity contribution in [1.29, 1.82) is 0 Å². The third-order valence-corrected chi connectivity index (χ3v) is 3.25. The van der Waals surface area contributed by atoms with Crippen LogP contribution < -0.4 is 5.32 Å². The maximum absolute atomic E-state index is 3.19. The lowest BCUT2D eigenvalue weighted by Crippen LogP contribution is -2.15. The van der Waals surface area contributed by atoms with Gasteiger partial charge in [0.25, 0.3) is 0 Å². The molecule has 0 aromatic heterocycles. The van der Waals surface area contributed by atoms with Gasteiger partial charge in [0.1, 0.15) is 0 Å². The van der Waals surface area contributed by atoms with Gasteiger partial charge in [0, 0.05) is 5.56 Å². The fraction of sp³-hybridized carbons (Fsp3) is 0.500. The van der Waals surface area contributed by atoms with E-state index in [0.29, 0.717) is 0 Å². The number of nitrogens with one attached hydrogen (secondary N) is 1. The van der Waals surface area contributed by atoms with Crippen molar-refractivity contribution >= 4 is 0 Å². The first-order chi connectivity index (χ1) is 8.10. The van der Waals surface area contributed by atoms with E-state index in [4.69, 9.17) is 0 Å². The molecule has 1 nitrogen and oxygen atoms in total. The van der Waals surface area contributed by atoms with E-state index >= 15 is 0 Å². The van der Waals surface area contributed by atoms with Crippen molar-refractivity contribution in [2.45, 2.75) is 39.5 Å². The molecular weight excluding hydrogens is 206 g/mol. The van der Waals surface area contributed by atoms with E-state index in [0.717, 1.165) is 25.1 Å². The Balaban J connectivity index is 2.70. The molecule has 0 unspecified atom stereocenters. The first-order valence-corrected chi connectivity index (χ1v) is 6.40. The Hall–Kier alpha value is -1.26. The summed E-state index contributed by atoms with van der Waals surface area (Å²) in [5.41, 5.74) is 2.74. The Kier molecular flexibility index (Phi) is 5.25. The minimum atomic E-state index is 0.260. The summed E-state index contributed by atoms with van der Waals surface area (Å²) in [5.74, 6) is 6.28. The lowest BCUT2D eigenvalue weighted by Gasteiger charge is -2.23. The zero-order chi connectivity index (χ0) is 12.7. The fourth-order valence-electron chi connectivity index (χ4n) is 1.54. The van der Waals surface area contributed by atoms with Crippen LogP contribution in [0, 0.1) is 11.8 Å². The highest BCUT2D eigenvalue weighted by molar-refractivity contribution is 5.38. The van der Waals surface area contributed by atoms with Gasteiger partial charge in [0.15, 0.2) is 0 Å². The summed E-state index contributed by atoms with van der Waals surface area (Å²) in [4.78, 5) is 0. The van der Waals surface area contributed by atoms with Gasteiger partial charge in [0.2, 0.25) is 0 Å². The van der Waals surface area contributed by atoms with Crippen LogP contribution in [0.25, 0.3) is 0 Å². The second-order valence-corrected chi connectivity index (χ2v) is 4.90. The second-order valence-electron chi connectivity index (χ2n) is 4.90. The van der Waals surface area contributed by atoms with Gasteiger partial charge in [-0.25, -0.2) is 0 Å². The number of rotatable bonds is 4. The molecule has 0 radical (unpaired) electrons. The molecule has 0 aliphatic rings. The van der Waals surface area contributed by atoms with Crippen molar-refractivity contribution in [3.63, 3.8) is 0 Å². The molecule has 1 rings (SSSR count). The summed E-state index contributed by atoms with van der Waals surface area (Å²) in [6.07, 6.45) is 1.15. The van der Waals surface area contributed by atoms with Gasteiger partial charge in [-0.15, -0.1) is 0 Å². The maximum atomic E-state index is 3.19.